The molecule has 6 heteroatoms. The van der Waals surface area contributed by atoms with E-state index < -0.39 is 0 Å². The number of pyridine rings is 1. The molecule has 0 aliphatic carbocycles. The third-order valence-corrected chi connectivity index (χ3v) is 5.73. The van der Waals surface area contributed by atoms with Gasteiger partial charge in [-0.05, 0) is 73.7 Å². The normalized spacial score (nSPS) is 11.1. The minimum Gasteiger partial charge on any atom is -0.324 e. The summed E-state index contributed by atoms with van der Waals surface area (Å²) in [4.78, 5) is 30.7. The summed E-state index contributed by atoms with van der Waals surface area (Å²) in [6, 6.07) is 15.3. The SMILES string of the molecule is CCc1cccc(C)c1NC(=O)Cn1c2ncccc2c(=O)n1-c1ccc(C)c(C)c1. The molecule has 0 fully saturated rings. The fraction of sp³-hybridized carbons (Fsp3) is 0.240. The monoisotopic (exact) mass is 414 g/mol. The first kappa shape index (κ1) is 20.6. The third kappa shape index (κ3) is 3.77. The Bertz CT molecular complexity index is 1350. The maximum atomic E-state index is 13.2. The predicted molar refractivity (Wildman–Crippen MR) is 124 cm³/mol. The van der Waals surface area contributed by atoms with E-state index in [0.29, 0.717) is 16.7 Å². The zero-order chi connectivity index (χ0) is 22.1. The molecule has 0 aliphatic heterocycles. The second kappa shape index (κ2) is 8.22. The second-order valence-electron chi connectivity index (χ2n) is 7.83. The van der Waals surface area contributed by atoms with Gasteiger partial charge in [0.15, 0.2) is 5.65 Å². The first-order chi connectivity index (χ1) is 14.9. The van der Waals surface area contributed by atoms with Gasteiger partial charge in [-0.25, -0.2) is 9.67 Å². The van der Waals surface area contributed by atoms with Gasteiger partial charge in [0.05, 0.1) is 11.1 Å². The Balaban J connectivity index is 1.80. The lowest BCUT2D eigenvalue weighted by Crippen LogP contribution is -2.27. The van der Waals surface area contributed by atoms with Crippen molar-refractivity contribution in [1.29, 1.82) is 0 Å². The van der Waals surface area contributed by atoms with Crippen molar-refractivity contribution in [3.05, 3.63) is 87.3 Å². The van der Waals surface area contributed by atoms with Crippen LogP contribution in [0.4, 0.5) is 5.69 Å². The second-order valence-corrected chi connectivity index (χ2v) is 7.83. The van der Waals surface area contributed by atoms with E-state index in [1.807, 2.05) is 57.2 Å². The van der Waals surface area contributed by atoms with Crippen molar-refractivity contribution < 1.29 is 4.79 Å². The molecule has 0 bridgehead atoms. The lowest BCUT2D eigenvalue weighted by atomic mass is 10.1. The lowest BCUT2D eigenvalue weighted by Gasteiger charge is -2.16. The first-order valence-electron chi connectivity index (χ1n) is 10.4. The molecule has 2 aromatic carbocycles. The van der Waals surface area contributed by atoms with Crippen LogP contribution in [0.1, 0.15) is 29.2 Å². The van der Waals surface area contributed by atoms with Gasteiger partial charge in [-0.15, -0.1) is 0 Å². The van der Waals surface area contributed by atoms with Crippen molar-refractivity contribution in [2.24, 2.45) is 0 Å². The van der Waals surface area contributed by atoms with Crippen LogP contribution in [0.15, 0.2) is 59.5 Å². The molecule has 31 heavy (non-hydrogen) atoms. The minimum absolute atomic E-state index is 0.0276. The smallest absolute Gasteiger partial charge is 0.280 e. The zero-order valence-corrected chi connectivity index (χ0v) is 18.3. The summed E-state index contributed by atoms with van der Waals surface area (Å²) in [6.45, 7) is 8.05. The molecular weight excluding hydrogens is 388 g/mol. The highest BCUT2D eigenvalue weighted by molar-refractivity contribution is 5.93. The van der Waals surface area contributed by atoms with Crippen LogP contribution in [0, 0.1) is 20.8 Å². The molecule has 158 valence electrons. The Morgan fingerprint density at radius 3 is 2.55 bits per heavy atom. The molecule has 6 nitrogen and oxygen atoms in total. The van der Waals surface area contributed by atoms with E-state index in [-0.39, 0.29) is 18.0 Å². The van der Waals surface area contributed by atoms with E-state index in [1.165, 1.54) is 0 Å². The van der Waals surface area contributed by atoms with Crippen LogP contribution in [-0.2, 0) is 17.8 Å². The van der Waals surface area contributed by atoms with Gasteiger partial charge < -0.3 is 5.32 Å². The van der Waals surface area contributed by atoms with Gasteiger partial charge in [0, 0.05) is 11.9 Å². The van der Waals surface area contributed by atoms with E-state index in [1.54, 1.807) is 27.7 Å². The average Bonchev–Trinajstić information content (AvgIpc) is 3.03. The molecule has 1 amide bonds. The van der Waals surface area contributed by atoms with Crippen LogP contribution in [0.25, 0.3) is 16.7 Å². The Morgan fingerprint density at radius 2 is 1.81 bits per heavy atom. The number of aryl methyl sites for hydroxylation is 4. The van der Waals surface area contributed by atoms with Crippen LogP contribution in [0.5, 0.6) is 0 Å². The summed E-state index contributed by atoms with van der Waals surface area (Å²) in [5, 5.41) is 3.53. The number of rotatable bonds is 5. The highest BCUT2D eigenvalue weighted by Gasteiger charge is 2.19. The van der Waals surface area contributed by atoms with Crippen molar-refractivity contribution >= 4 is 22.6 Å². The topological polar surface area (TPSA) is 68.9 Å². The van der Waals surface area contributed by atoms with Gasteiger partial charge in [0.2, 0.25) is 5.91 Å². The Hall–Kier alpha value is -3.67. The van der Waals surface area contributed by atoms with Crippen LogP contribution < -0.4 is 10.9 Å². The van der Waals surface area contributed by atoms with Gasteiger partial charge in [0.1, 0.15) is 6.54 Å². The van der Waals surface area contributed by atoms with Crippen molar-refractivity contribution in [3.63, 3.8) is 0 Å². The largest absolute Gasteiger partial charge is 0.324 e. The molecule has 0 saturated carbocycles. The number of nitrogens with one attached hydrogen (secondary N) is 1. The average molecular weight is 415 g/mol. The molecule has 0 radical (unpaired) electrons. The Labute approximate surface area is 181 Å². The summed E-state index contributed by atoms with van der Waals surface area (Å²) in [5.74, 6) is -0.205. The summed E-state index contributed by atoms with van der Waals surface area (Å²) in [7, 11) is 0. The van der Waals surface area contributed by atoms with Crippen molar-refractivity contribution in [3.8, 4) is 5.69 Å². The highest BCUT2D eigenvalue weighted by atomic mass is 16.2. The maximum Gasteiger partial charge on any atom is 0.280 e. The number of benzene rings is 2. The molecule has 0 aliphatic rings. The number of para-hydroxylation sites is 1. The molecule has 2 heterocycles. The number of carbonyl (C=O) groups excluding carboxylic acids is 1. The third-order valence-electron chi connectivity index (χ3n) is 5.73. The standard InChI is InChI=1S/C25H26N4O2/c1-5-19-9-6-8-17(3)23(19)27-22(30)15-28-24-21(10-7-13-26-24)25(31)29(28)20-12-11-16(2)18(4)14-20/h6-14H,5,15H2,1-4H3,(H,27,30). The Morgan fingerprint density at radius 1 is 1.00 bits per heavy atom. The van der Waals surface area contributed by atoms with Gasteiger partial charge in [-0.2, -0.15) is 0 Å². The maximum absolute atomic E-state index is 13.2. The molecule has 0 unspecified atom stereocenters. The van der Waals surface area contributed by atoms with E-state index in [9.17, 15) is 9.59 Å². The van der Waals surface area contributed by atoms with Gasteiger partial charge in [-0.3, -0.25) is 14.3 Å². The van der Waals surface area contributed by atoms with Gasteiger partial charge in [-0.1, -0.05) is 31.2 Å². The van der Waals surface area contributed by atoms with Gasteiger partial charge in [0.25, 0.3) is 5.56 Å². The fourth-order valence-corrected chi connectivity index (χ4v) is 3.86. The quantitative estimate of drug-likeness (QED) is 0.529. The van der Waals surface area contributed by atoms with Crippen LogP contribution in [-0.4, -0.2) is 20.3 Å². The number of aromatic nitrogens is 3. The zero-order valence-electron chi connectivity index (χ0n) is 18.3. The summed E-state index contributed by atoms with van der Waals surface area (Å²) >= 11 is 0. The van der Waals surface area contributed by atoms with Crippen molar-refractivity contribution in [1.82, 2.24) is 14.3 Å². The molecular formula is C25H26N4O2. The molecule has 1 N–H and O–H groups in total. The van der Waals surface area contributed by atoms with Crippen LogP contribution in [0.2, 0.25) is 0 Å². The molecule has 0 spiro atoms. The van der Waals surface area contributed by atoms with E-state index in [0.717, 1.165) is 34.4 Å². The number of amides is 1. The number of nitrogens with zero attached hydrogens (tertiary/aromatic N) is 3. The van der Waals surface area contributed by atoms with E-state index >= 15 is 0 Å². The van der Waals surface area contributed by atoms with Crippen LogP contribution >= 0.6 is 0 Å². The molecule has 4 rings (SSSR count). The number of hydrogen-bond acceptors (Lipinski definition) is 3. The van der Waals surface area contributed by atoms with E-state index in [4.69, 9.17) is 0 Å². The Kier molecular flexibility index (Phi) is 5.46. The first-order valence-corrected chi connectivity index (χ1v) is 10.4. The summed E-state index contributed by atoms with van der Waals surface area (Å²) < 4.78 is 3.20. The summed E-state index contributed by atoms with van der Waals surface area (Å²) in [5.41, 5.74) is 6.15. The van der Waals surface area contributed by atoms with E-state index in [2.05, 4.69) is 17.2 Å². The molecule has 2 aromatic heterocycles. The lowest BCUT2D eigenvalue weighted by molar-refractivity contribution is -0.117. The predicted octanol–water partition coefficient (Wildman–Crippen LogP) is 4.31. The fourth-order valence-electron chi connectivity index (χ4n) is 3.86. The number of carbonyl (C=O) groups is 1. The number of hydrogen-bond donors (Lipinski definition) is 1. The van der Waals surface area contributed by atoms with Crippen molar-refractivity contribution in [2.75, 3.05) is 5.32 Å². The molecule has 0 atom stereocenters. The van der Waals surface area contributed by atoms with Crippen molar-refractivity contribution in [2.45, 2.75) is 40.7 Å². The number of anilines is 1. The molecule has 0 saturated heterocycles. The van der Waals surface area contributed by atoms with Gasteiger partial charge >= 0.3 is 0 Å². The minimum atomic E-state index is -0.205. The molecule has 4 aromatic rings. The highest BCUT2D eigenvalue weighted by Crippen LogP contribution is 2.22. The number of fused-ring (bicyclic) bond motifs is 1. The summed E-state index contributed by atoms with van der Waals surface area (Å²) in [6.07, 6.45) is 2.45. The van der Waals surface area contributed by atoms with Crippen LogP contribution in [0.3, 0.4) is 0 Å².